The van der Waals surface area contributed by atoms with E-state index < -0.39 is 0 Å². The van der Waals surface area contributed by atoms with Gasteiger partial charge in [-0.25, -0.2) is 0 Å². The van der Waals surface area contributed by atoms with Gasteiger partial charge >= 0.3 is 0 Å². The Morgan fingerprint density at radius 3 is 2.55 bits per heavy atom. The summed E-state index contributed by atoms with van der Waals surface area (Å²) in [6.07, 6.45) is 4.23. The average Bonchev–Trinajstić information content (AvgIpc) is 2.71. The maximum absolute atomic E-state index is 5.76. The second-order valence-corrected chi connectivity index (χ2v) is 4.44. The molecule has 0 spiro atoms. The molecule has 0 amide bonds. The van der Waals surface area contributed by atoms with E-state index in [9.17, 15) is 0 Å². The van der Waals surface area contributed by atoms with E-state index in [1.807, 2.05) is 0 Å². The van der Waals surface area contributed by atoms with Crippen LogP contribution in [-0.2, 0) is 0 Å². The summed E-state index contributed by atoms with van der Waals surface area (Å²) in [7, 11) is 0. The first-order chi connectivity index (χ1) is 5.14. The summed E-state index contributed by atoms with van der Waals surface area (Å²) in [6.45, 7) is 5.42. The van der Waals surface area contributed by atoms with Crippen LogP contribution in [0.25, 0.3) is 0 Å². The molecule has 0 unspecified atom stereocenters. The lowest BCUT2D eigenvalue weighted by Gasteiger charge is -2.23. The molecule has 1 N–H and O–H groups in total. The minimum absolute atomic E-state index is 0.121. The van der Waals surface area contributed by atoms with Crippen LogP contribution in [0.1, 0.15) is 33.1 Å². The van der Waals surface area contributed by atoms with Gasteiger partial charge in [-0.3, -0.25) is 0 Å². The number of hydrogen-bond donors (Lipinski definition) is 1. The van der Waals surface area contributed by atoms with Crippen LogP contribution in [0, 0.1) is 5.92 Å². The molecule has 1 fully saturated rings. The van der Waals surface area contributed by atoms with Crippen molar-refractivity contribution in [3.63, 3.8) is 0 Å². The summed E-state index contributed by atoms with van der Waals surface area (Å²) in [4.78, 5) is 0. The highest BCUT2D eigenvalue weighted by molar-refractivity contribution is 6.18. The SMILES string of the molecule is CC(C)(CCl)NCCC1CC1. The van der Waals surface area contributed by atoms with Crippen molar-refractivity contribution in [3.8, 4) is 0 Å². The highest BCUT2D eigenvalue weighted by Gasteiger charge is 2.22. The smallest absolute Gasteiger partial charge is 0.0400 e. The maximum atomic E-state index is 5.76. The molecule has 0 atom stereocenters. The first-order valence-electron chi connectivity index (χ1n) is 4.45. The summed E-state index contributed by atoms with van der Waals surface area (Å²) in [5, 5.41) is 3.45. The molecule has 11 heavy (non-hydrogen) atoms. The Labute approximate surface area is 74.5 Å². The van der Waals surface area contributed by atoms with Crippen LogP contribution in [0.4, 0.5) is 0 Å². The number of rotatable bonds is 5. The van der Waals surface area contributed by atoms with Gasteiger partial charge in [-0.15, -0.1) is 11.6 Å². The van der Waals surface area contributed by atoms with E-state index in [2.05, 4.69) is 19.2 Å². The number of halogens is 1. The molecule has 0 aromatic carbocycles. The van der Waals surface area contributed by atoms with Gasteiger partial charge in [-0.1, -0.05) is 12.8 Å². The lowest BCUT2D eigenvalue weighted by Crippen LogP contribution is -2.41. The normalized spacial score (nSPS) is 18.8. The lowest BCUT2D eigenvalue weighted by molar-refractivity contribution is 0.420. The maximum Gasteiger partial charge on any atom is 0.0400 e. The summed E-state index contributed by atoms with van der Waals surface area (Å²) < 4.78 is 0. The molecule has 2 heteroatoms. The topological polar surface area (TPSA) is 12.0 Å². The van der Waals surface area contributed by atoms with Gasteiger partial charge < -0.3 is 5.32 Å². The summed E-state index contributed by atoms with van der Waals surface area (Å²) in [6, 6.07) is 0. The van der Waals surface area contributed by atoms with Crippen LogP contribution >= 0.6 is 11.6 Å². The highest BCUT2D eigenvalue weighted by Crippen LogP contribution is 2.31. The Morgan fingerprint density at radius 1 is 1.45 bits per heavy atom. The quantitative estimate of drug-likeness (QED) is 0.633. The molecule has 0 bridgehead atoms. The minimum Gasteiger partial charge on any atom is -0.311 e. The Balaban J connectivity index is 1.99. The van der Waals surface area contributed by atoms with Crippen LogP contribution in [0.3, 0.4) is 0 Å². The molecule has 0 aromatic heterocycles. The summed E-state index contributed by atoms with van der Waals surface area (Å²) in [5.74, 6) is 1.71. The Bertz CT molecular complexity index is 119. The fraction of sp³-hybridized carbons (Fsp3) is 1.00. The predicted octanol–water partition coefficient (Wildman–Crippen LogP) is 2.39. The van der Waals surface area contributed by atoms with Crippen LogP contribution in [0.5, 0.6) is 0 Å². The zero-order valence-electron chi connectivity index (χ0n) is 7.49. The van der Waals surface area contributed by atoms with E-state index in [4.69, 9.17) is 11.6 Å². The van der Waals surface area contributed by atoms with Crippen molar-refractivity contribution in [1.29, 1.82) is 0 Å². The second kappa shape index (κ2) is 3.77. The van der Waals surface area contributed by atoms with Gasteiger partial charge in [0.25, 0.3) is 0 Å². The molecule has 0 aromatic rings. The van der Waals surface area contributed by atoms with Crippen molar-refractivity contribution in [2.45, 2.75) is 38.6 Å². The molecule has 1 aliphatic carbocycles. The summed E-state index contributed by atoms with van der Waals surface area (Å²) in [5.41, 5.74) is 0.121. The highest BCUT2D eigenvalue weighted by atomic mass is 35.5. The van der Waals surface area contributed by atoms with Crippen molar-refractivity contribution in [2.75, 3.05) is 12.4 Å². The van der Waals surface area contributed by atoms with Gasteiger partial charge in [0.05, 0.1) is 0 Å². The van der Waals surface area contributed by atoms with Crippen molar-refractivity contribution in [3.05, 3.63) is 0 Å². The van der Waals surface area contributed by atoms with E-state index in [0.717, 1.165) is 12.5 Å². The molecule has 1 saturated carbocycles. The fourth-order valence-electron chi connectivity index (χ4n) is 1.07. The predicted molar refractivity (Wildman–Crippen MR) is 50.1 cm³/mol. The summed E-state index contributed by atoms with van der Waals surface area (Å²) >= 11 is 5.76. The van der Waals surface area contributed by atoms with E-state index in [-0.39, 0.29) is 5.54 Å². The zero-order valence-corrected chi connectivity index (χ0v) is 8.25. The second-order valence-electron chi connectivity index (χ2n) is 4.18. The molecule has 1 rings (SSSR count). The monoisotopic (exact) mass is 175 g/mol. The molecule has 0 aliphatic heterocycles. The van der Waals surface area contributed by atoms with Crippen molar-refractivity contribution in [1.82, 2.24) is 5.32 Å². The third kappa shape index (κ3) is 3.97. The molecule has 0 heterocycles. The van der Waals surface area contributed by atoms with Gasteiger partial charge in [0.15, 0.2) is 0 Å². The fourth-order valence-corrected chi connectivity index (χ4v) is 1.16. The van der Waals surface area contributed by atoms with Crippen molar-refractivity contribution in [2.24, 2.45) is 5.92 Å². The van der Waals surface area contributed by atoms with E-state index in [1.54, 1.807) is 0 Å². The molecular weight excluding hydrogens is 158 g/mol. The molecule has 1 nitrogen and oxygen atoms in total. The van der Waals surface area contributed by atoms with Crippen LogP contribution < -0.4 is 5.32 Å². The van der Waals surface area contributed by atoms with Crippen molar-refractivity contribution >= 4 is 11.6 Å². The van der Waals surface area contributed by atoms with E-state index in [0.29, 0.717) is 5.88 Å². The third-order valence-corrected chi connectivity index (χ3v) is 2.86. The van der Waals surface area contributed by atoms with E-state index >= 15 is 0 Å². The van der Waals surface area contributed by atoms with Crippen molar-refractivity contribution < 1.29 is 0 Å². The number of nitrogens with one attached hydrogen (secondary N) is 1. The molecule has 1 aliphatic rings. The van der Waals surface area contributed by atoms with Crippen LogP contribution in [0.2, 0.25) is 0 Å². The van der Waals surface area contributed by atoms with Crippen LogP contribution in [0.15, 0.2) is 0 Å². The largest absolute Gasteiger partial charge is 0.311 e. The Hall–Kier alpha value is 0.250. The standard InChI is InChI=1S/C9H18ClN/c1-9(2,7-10)11-6-5-8-3-4-8/h8,11H,3-7H2,1-2H3. The van der Waals surface area contributed by atoms with Gasteiger partial charge in [-0.2, -0.15) is 0 Å². The van der Waals surface area contributed by atoms with Gasteiger partial charge in [-0.05, 0) is 32.7 Å². The molecule has 0 saturated heterocycles. The zero-order chi connectivity index (χ0) is 8.32. The third-order valence-electron chi connectivity index (χ3n) is 2.19. The molecule has 0 radical (unpaired) electrons. The lowest BCUT2D eigenvalue weighted by atomic mass is 10.1. The van der Waals surface area contributed by atoms with Gasteiger partial charge in [0.1, 0.15) is 0 Å². The van der Waals surface area contributed by atoms with Gasteiger partial charge in [0.2, 0.25) is 0 Å². The first-order valence-corrected chi connectivity index (χ1v) is 4.98. The van der Waals surface area contributed by atoms with Crippen LogP contribution in [-0.4, -0.2) is 18.0 Å². The molecular formula is C9H18ClN. The molecule has 66 valence electrons. The average molecular weight is 176 g/mol. The number of hydrogen-bond acceptors (Lipinski definition) is 1. The minimum atomic E-state index is 0.121. The van der Waals surface area contributed by atoms with Gasteiger partial charge in [0, 0.05) is 11.4 Å². The first kappa shape index (κ1) is 9.34. The Morgan fingerprint density at radius 2 is 2.09 bits per heavy atom. The van der Waals surface area contributed by atoms with E-state index in [1.165, 1.54) is 19.3 Å². The Kier molecular flexibility index (Phi) is 3.20. The number of alkyl halides is 1.